The van der Waals surface area contributed by atoms with Crippen LogP contribution < -0.4 is 5.32 Å². The van der Waals surface area contributed by atoms with Gasteiger partial charge in [-0.2, -0.15) is 0 Å². The molecule has 1 N–H and O–H groups in total. The zero-order valence-electron chi connectivity index (χ0n) is 13.8. The number of hydrogen-bond donors (Lipinski definition) is 1. The van der Waals surface area contributed by atoms with E-state index in [0.717, 1.165) is 30.6 Å². The monoisotopic (exact) mass is 312 g/mol. The fraction of sp³-hybridized carbons (Fsp3) is 0.444. The molecule has 1 aliphatic heterocycles. The van der Waals surface area contributed by atoms with Crippen molar-refractivity contribution in [3.63, 3.8) is 0 Å². The summed E-state index contributed by atoms with van der Waals surface area (Å²) in [5, 5.41) is 3.17. The Balaban J connectivity index is 1.91. The molecule has 3 rings (SSSR count). The van der Waals surface area contributed by atoms with Gasteiger partial charge < -0.3 is 14.8 Å². The summed E-state index contributed by atoms with van der Waals surface area (Å²) < 4.78 is 2.22. The molecule has 0 saturated heterocycles. The Morgan fingerprint density at radius 2 is 2.13 bits per heavy atom. The average Bonchev–Trinajstić information content (AvgIpc) is 3.08. The number of hydrogen-bond acceptors (Lipinski definition) is 2. The molecule has 0 spiro atoms. The van der Waals surface area contributed by atoms with Gasteiger partial charge in [0.1, 0.15) is 6.04 Å². The lowest BCUT2D eigenvalue weighted by Crippen LogP contribution is -2.49. The van der Waals surface area contributed by atoms with Crippen molar-refractivity contribution in [2.75, 3.05) is 6.54 Å². The molecule has 5 nitrogen and oxygen atoms in total. The van der Waals surface area contributed by atoms with Crippen molar-refractivity contribution in [2.24, 2.45) is 0 Å². The number of urea groups is 1. The van der Waals surface area contributed by atoms with Crippen LogP contribution >= 0.6 is 0 Å². The molecule has 122 valence electrons. The predicted molar refractivity (Wildman–Crippen MR) is 90.1 cm³/mol. The Morgan fingerprint density at radius 3 is 2.83 bits per heavy atom. The average molecular weight is 312 g/mol. The maximum atomic E-state index is 12.8. The minimum Gasteiger partial charge on any atom is -0.348 e. The largest absolute Gasteiger partial charge is 0.348 e. The minimum absolute atomic E-state index is 0.0139. The van der Waals surface area contributed by atoms with Crippen molar-refractivity contribution in [3.8, 4) is 0 Å². The van der Waals surface area contributed by atoms with Gasteiger partial charge in [0.2, 0.25) is 0 Å². The lowest BCUT2D eigenvalue weighted by atomic mass is 10.0. The number of carbonyl (C=O) groups is 1. The molecule has 5 heteroatoms. The SMILES string of the molecule is CCC(CC)NC(=O)N1CCn2cccc2C1c1cccnc1. The first kappa shape index (κ1) is 15.6. The van der Waals surface area contributed by atoms with E-state index in [2.05, 4.69) is 41.0 Å². The summed E-state index contributed by atoms with van der Waals surface area (Å²) in [6.45, 7) is 5.74. The van der Waals surface area contributed by atoms with Gasteiger partial charge >= 0.3 is 6.03 Å². The van der Waals surface area contributed by atoms with Gasteiger partial charge in [0.25, 0.3) is 0 Å². The molecule has 3 heterocycles. The van der Waals surface area contributed by atoms with Gasteiger partial charge in [-0.3, -0.25) is 4.98 Å². The summed E-state index contributed by atoms with van der Waals surface area (Å²) in [5.41, 5.74) is 2.19. The maximum Gasteiger partial charge on any atom is 0.318 e. The predicted octanol–water partition coefficient (Wildman–Crippen LogP) is 3.19. The highest BCUT2D eigenvalue weighted by atomic mass is 16.2. The zero-order valence-corrected chi connectivity index (χ0v) is 13.8. The maximum absolute atomic E-state index is 12.8. The highest BCUT2D eigenvalue weighted by Gasteiger charge is 2.32. The van der Waals surface area contributed by atoms with E-state index in [1.165, 1.54) is 0 Å². The number of rotatable bonds is 4. The molecule has 0 aromatic carbocycles. The smallest absolute Gasteiger partial charge is 0.318 e. The molecule has 2 amide bonds. The van der Waals surface area contributed by atoms with E-state index in [1.54, 1.807) is 6.20 Å². The Morgan fingerprint density at radius 1 is 1.30 bits per heavy atom. The van der Waals surface area contributed by atoms with Crippen molar-refractivity contribution in [1.82, 2.24) is 19.8 Å². The van der Waals surface area contributed by atoms with Gasteiger partial charge in [-0.25, -0.2) is 4.79 Å². The number of aromatic nitrogens is 2. The molecule has 2 aromatic heterocycles. The van der Waals surface area contributed by atoms with Crippen molar-refractivity contribution in [2.45, 2.75) is 45.3 Å². The Labute approximate surface area is 137 Å². The molecule has 0 radical (unpaired) electrons. The number of carbonyl (C=O) groups excluding carboxylic acids is 1. The van der Waals surface area contributed by atoms with E-state index < -0.39 is 0 Å². The second-order valence-electron chi connectivity index (χ2n) is 5.97. The molecule has 0 bridgehead atoms. The Bertz CT molecular complexity index is 648. The van der Waals surface area contributed by atoms with Crippen LogP contribution in [-0.4, -0.2) is 33.1 Å². The number of nitrogens with zero attached hydrogens (tertiary/aromatic N) is 3. The van der Waals surface area contributed by atoms with Crippen LogP contribution in [0.1, 0.15) is 44.0 Å². The third kappa shape index (κ3) is 3.09. The van der Waals surface area contributed by atoms with Gasteiger partial charge in [0.05, 0.1) is 0 Å². The Hall–Kier alpha value is -2.30. The second kappa shape index (κ2) is 6.86. The van der Waals surface area contributed by atoms with Gasteiger partial charge in [0.15, 0.2) is 0 Å². The number of nitrogens with one attached hydrogen (secondary N) is 1. The van der Waals surface area contributed by atoms with Gasteiger partial charge in [-0.05, 0) is 36.6 Å². The second-order valence-corrected chi connectivity index (χ2v) is 5.97. The van der Waals surface area contributed by atoms with Crippen LogP contribution in [0.25, 0.3) is 0 Å². The number of fused-ring (bicyclic) bond motifs is 1. The first-order chi connectivity index (χ1) is 11.2. The van der Waals surface area contributed by atoms with E-state index >= 15 is 0 Å². The molecule has 0 fully saturated rings. The van der Waals surface area contributed by atoms with Crippen LogP contribution in [0.2, 0.25) is 0 Å². The molecular weight excluding hydrogens is 288 g/mol. The third-order valence-corrected chi connectivity index (χ3v) is 4.61. The fourth-order valence-electron chi connectivity index (χ4n) is 3.24. The quantitative estimate of drug-likeness (QED) is 0.942. The molecule has 2 aromatic rings. The first-order valence-corrected chi connectivity index (χ1v) is 8.36. The summed E-state index contributed by atoms with van der Waals surface area (Å²) in [7, 11) is 0. The van der Waals surface area contributed by atoms with E-state index in [4.69, 9.17) is 0 Å². The normalized spacial score (nSPS) is 17.2. The van der Waals surface area contributed by atoms with Crippen LogP contribution in [0.4, 0.5) is 4.79 Å². The van der Waals surface area contributed by atoms with Gasteiger partial charge in [0, 0.05) is 43.4 Å². The topological polar surface area (TPSA) is 50.2 Å². The molecule has 0 aliphatic carbocycles. The molecular formula is C18H24N4O. The van der Waals surface area contributed by atoms with Gasteiger partial charge in [-0.1, -0.05) is 19.9 Å². The number of amides is 2. The summed E-state index contributed by atoms with van der Waals surface area (Å²) in [6.07, 6.45) is 7.59. The van der Waals surface area contributed by atoms with Crippen molar-refractivity contribution in [3.05, 3.63) is 54.1 Å². The highest BCUT2D eigenvalue weighted by Crippen LogP contribution is 2.32. The Kier molecular flexibility index (Phi) is 4.65. The number of pyridine rings is 1. The minimum atomic E-state index is -0.0817. The van der Waals surface area contributed by atoms with Gasteiger partial charge in [-0.15, -0.1) is 0 Å². The first-order valence-electron chi connectivity index (χ1n) is 8.36. The molecule has 1 aliphatic rings. The lowest BCUT2D eigenvalue weighted by Gasteiger charge is -2.37. The molecule has 0 saturated carbocycles. The summed E-state index contributed by atoms with van der Waals surface area (Å²) in [6, 6.07) is 8.26. The van der Waals surface area contributed by atoms with Crippen LogP contribution in [0, 0.1) is 0 Å². The van der Waals surface area contributed by atoms with E-state index in [0.29, 0.717) is 6.54 Å². The summed E-state index contributed by atoms with van der Waals surface area (Å²) >= 11 is 0. The third-order valence-electron chi connectivity index (χ3n) is 4.61. The summed E-state index contributed by atoms with van der Waals surface area (Å²) in [5.74, 6) is 0. The molecule has 1 unspecified atom stereocenters. The zero-order chi connectivity index (χ0) is 16.2. The van der Waals surface area contributed by atoms with E-state index in [9.17, 15) is 4.79 Å². The van der Waals surface area contributed by atoms with Crippen LogP contribution in [0.3, 0.4) is 0 Å². The highest BCUT2D eigenvalue weighted by molar-refractivity contribution is 5.75. The van der Waals surface area contributed by atoms with Crippen LogP contribution in [0.15, 0.2) is 42.9 Å². The van der Waals surface area contributed by atoms with Crippen LogP contribution in [-0.2, 0) is 6.54 Å². The fourth-order valence-corrected chi connectivity index (χ4v) is 3.24. The van der Waals surface area contributed by atoms with Crippen molar-refractivity contribution < 1.29 is 4.79 Å². The summed E-state index contributed by atoms with van der Waals surface area (Å²) in [4.78, 5) is 19.0. The lowest BCUT2D eigenvalue weighted by molar-refractivity contribution is 0.164. The van der Waals surface area contributed by atoms with E-state index in [-0.39, 0.29) is 18.1 Å². The standard InChI is InChI=1S/C18H24N4O/c1-3-15(4-2)20-18(23)22-12-11-21-10-6-8-16(21)17(22)14-7-5-9-19-13-14/h5-10,13,15,17H,3-4,11-12H2,1-2H3,(H,20,23). The molecule has 23 heavy (non-hydrogen) atoms. The van der Waals surface area contributed by atoms with E-state index in [1.807, 2.05) is 29.3 Å². The van der Waals surface area contributed by atoms with Crippen molar-refractivity contribution >= 4 is 6.03 Å². The van der Waals surface area contributed by atoms with Crippen molar-refractivity contribution in [1.29, 1.82) is 0 Å². The van der Waals surface area contributed by atoms with Crippen LogP contribution in [0.5, 0.6) is 0 Å². The molecule has 1 atom stereocenters.